The van der Waals surface area contributed by atoms with Gasteiger partial charge in [0.15, 0.2) is 0 Å². The molecule has 164 valence electrons. The van der Waals surface area contributed by atoms with Gasteiger partial charge in [0.25, 0.3) is 5.91 Å². The fourth-order valence-corrected chi connectivity index (χ4v) is 3.27. The number of aromatic nitrogens is 2. The van der Waals surface area contributed by atoms with Crippen LogP contribution in [0.15, 0.2) is 91.3 Å². The molecule has 0 aliphatic rings. The van der Waals surface area contributed by atoms with Gasteiger partial charge in [-0.3, -0.25) is 4.79 Å². The van der Waals surface area contributed by atoms with E-state index in [0.717, 1.165) is 28.3 Å². The summed E-state index contributed by atoms with van der Waals surface area (Å²) in [7, 11) is 1.63. The zero-order chi connectivity index (χ0) is 23.0. The van der Waals surface area contributed by atoms with E-state index in [1.807, 2.05) is 97.9 Å². The normalized spacial score (nSPS) is 11.0. The number of ether oxygens (including phenoxy) is 1. The van der Waals surface area contributed by atoms with Crippen molar-refractivity contribution in [3.8, 4) is 5.75 Å². The molecule has 3 aromatic carbocycles. The molecule has 33 heavy (non-hydrogen) atoms. The van der Waals surface area contributed by atoms with Crippen molar-refractivity contribution in [2.45, 2.75) is 6.92 Å². The van der Waals surface area contributed by atoms with Gasteiger partial charge in [0.1, 0.15) is 17.9 Å². The third-order valence-electron chi connectivity index (χ3n) is 4.98. The quantitative estimate of drug-likeness (QED) is 0.286. The zero-order valence-electron chi connectivity index (χ0n) is 18.4. The molecular formula is C27H24N4O2. The summed E-state index contributed by atoms with van der Waals surface area (Å²) in [5.74, 6) is 1.29. The average molecular weight is 437 g/mol. The molecule has 6 nitrogen and oxygen atoms in total. The van der Waals surface area contributed by atoms with Crippen LogP contribution in [0.3, 0.4) is 0 Å². The third-order valence-corrected chi connectivity index (χ3v) is 4.98. The van der Waals surface area contributed by atoms with Crippen LogP contribution in [0.25, 0.3) is 11.6 Å². The first-order valence-corrected chi connectivity index (χ1v) is 10.5. The lowest BCUT2D eigenvalue weighted by Gasteiger charge is -2.11. The molecule has 4 rings (SSSR count). The van der Waals surface area contributed by atoms with Gasteiger partial charge in [-0.1, -0.05) is 42.5 Å². The summed E-state index contributed by atoms with van der Waals surface area (Å²) < 4.78 is 5.23. The Balaban J connectivity index is 1.53. The number of nitrogens with one attached hydrogen (secondary N) is 2. The topological polar surface area (TPSA) is 76.1 Å². The van der Waals surface area contributed by atoms with Crippen LogP contribution in [-0.2, 0) is 4.79 Å². The zero-order valence-corrected chi connectivity index (χ0v) is 18.4. The van der Waals surface area contributed by atoms with Crippen LogP contribution in [0, 0.1) is 6.92 Å². The van der Waals surface area contributed by atoms with Gasteiger partial charge >= 0.3 is 0 Å². The molecule has 4 aromatic rings. The first-order valence-electron chi connectivity index (χ1n) is 10.5. The lowest BCUT2D eigenvalue weighted by Crippen LogP contribution is -2.13. The number of hydrogen-bond acceptors (Lipinski definition) is 5. The summed E-state index contributed by atoms with van der Waals surface area (Å²) in [6.07, 6.45) is 3.39. The lowest BCUT2D eigenvalue weighted by atomic mass is 10.0. The highest BCUT2D eigenvalue weighted by molar-refractivity contribution is 6.29. The molecule has 0 radical (unpaired) electrons. The van der Waals surface area contributed by atoms with Crippen molar-refractivity contribution in [3.05, 3.63) is 108 Å². The van der Waals surface area contributed by atoms with Gasteiger partial charge in [-0.05, 0) is 60.5 Å². The van der Waals surface area contributed by atoms with Crippen molar-refractivity contribution in [2.24, 2.45) is 0 Å². The van der Waals surface area contributed by atoms with Crippen LogP contribution >= 0.6 is 0 Å². The number of carbonyl (C=O) groups excluding carboxylic acids is 1. The number of carbonyl (C=O) groups is 1. The number of hydrogen-bond donors (Lipinski definition) is 2. The third kappa shape index (κ3) is 5.83. The van der Waals surface area contributed by atoms with E-state index in [1.165, 1.54) is 6.33 Å². The summed E-state index contributed by atoms with van der Waals surface area (Å²) in [6, 6.07) is 26.5. The second-order valence-corrected chi connectivity index (χ2v) is 7.40. The number of anilines is 3. The molecule has 1 heterocycles. The van der Waals surface area contributed by atoms with Crippen molar-refractivity contribution in [1.29, 1.82) is 0 Å². The lowest BCUT2D eigenvalue weighted by molar-refractivity contribution is -0.111. The molecule has 2 N–H and O–H groups in total. The number of aryl methyl sites for hydroxylation is 1. The molecule has 0 aliphatic heterocycles. The molecule has 0 saturated carbocycles. The SMILES string of the molecule is COc1ccc(/C=C(/C(=O)Nc2ccc(Nc3cc(C)ncn3)cc2)c2ccccc2)cc1. The Hall–Kier alpha value is -4.45. The van der Waals surface area contributed by atoms with Crippen molar-refractivity contribution >= 4 is 34.7 Å². The number of methoxy groups -OCH3 is 1. The van der Waals surface area contributed by atoms with Gasteiger partial charge in [-0.25, -0.2) is 9.97 Å². The molecule has 0 spiro atoms. The van der Waals surface area contributed by atoms with E-state index >= 15 is 0 Å². The maximum absolute atomic E-state index is 13.2. The summed E-state index contributed by atoms with van der Waals surface area (Å²) >= 11 is 0. The second-order valence-electron chi connectivity index (χ2n) is 7.40. The van der Waals surface area contributed by atoms with Gasteiger partial charge in [0, 0.05) is 28.7 Å². The summed E-state index contributed by atoms with van der Waals surface area (Å²) in [4.78, 5) is 21.5. The summed E-state index contributed by atoms with van der Waals surface area (Å²) in [5.41, 5.74) is 4.75. The maximum atomic E-state index is 13.2. The van der Waals surface area contributed by atoms with Crippen LogP contribution in [0.4, 0.5) is 17.2 Å². The largest absolute Gasteiger partial charge is 0.497 e. The molecule has 6 heteroatoms. The average Bonchev–Trinajstić information content (AvgIpc) is 2.84. The molecule has 0 aliphatic carbocycles. The Morgan fingerprint density at radius 3 is 2.24 bits per heavy atom. The first kappa shape index (κ1) is 21.8. The van der Waals surface area contributed by atoms with Crippen molar-refractivity contribution < 1.29 is 9.53 Å². The van der Waals surface area contributed by atoms with Gasteiger partial charge in [0.05, 0.1) is 7.11 Å². The van der Waals surface area contributed by atoms with Crippen LogP contribution in [-0.4, -0.2) is 23.0 Å². The molecule has 0 unspecified atom stereocenters. The van der Waals surface area contributed by atoms with Gasteiger partial charge < -0.3 is 15.4 Å². The Bertz CT molecular complexity index is 1250. The summed E-state index contributed by atoms with van der Waals surface area (Å²) in [6.45, 7) is 1.91. The van der Waals surface area contributed by atoms with E-state index in [2.05, 4.69) is 20.6 Å². The standard InChI is InChI=1S/C27H24N4O2/c1-19-16-26(29-18-28-19)30-22-10-12-23(13-11-22)31-27(32)25(21-6-4-3-5-7-21)17-20-8-14-24(33-2)15-9-20/h3-18H,1-2H3,(H,31,32)(H,28,29,30)/b25-17+. The van der Waals surface area contributed by atoms with Crippen molar-refractivity contribution in [3.63, 3.8) is 0 Å². The minimum Gasteiger partial charge on any atom is -0.497 e. The van der Waals surface area contributed by atoms with Crippen LogP contribution in [0.2, 0.25) is 0 Å². The molecule has 0 atom stereocenters. The van der Waals surface area contributed by atoms with E-state index in [9.17, 15) is 4.79 Å². The Kier molecular flexibility index (Phi) is 6.75. The number of rotatable bonds is 7. The van der Waals surface area contributed by atoms with E-state index in [4.69, 9.17) is 4.74 Å². The van der Waals surface area contributed by atoms with Crippen LogP contribution < -0.4 is 15.4 Å². The maximum Gasteiger partial charge on any atom is 0.256 e. The van der Waals surface area contributed by atoms with Crippen LogP contribution in [0.5, 0.6) is 5.75 Å². The minimum atomic E-state index is -0.191. The second kappa shape index (κ2) is 10.2. The van der Waals surface area contributed by atoms with E-state index in [-0.39, 0.29) is 5.91 Å². The Morgan fingerprint density at radius 2 is 1.58 bits per heavy atom. The van der Waals surface area contributed by atoms with E-state index < -0.39 is 0 Å². The predicted octanol–water partition coefficient (Wildman–Crippen LogP) is 5.72. The van der Waals surface area contributed by atoms with Gasteiger partial charge in [-0.15, -0.1) is 0 Å². The molecular weight excluding hydrogens is 412 g/mol. The fourth-order valence-electron chi connectivity index (χ4n) is 3.27. The monoisotopic (exact) mass is 436 g/mol. The molecule has 1 amide bonds. The Morgan fingerprint density at radius 1 is 0.879 bits per heavy atom. The number of benzene rings is 3. The molecule has 0 fully saturated rings. The predicted molar refractivity (Wildman–Crippen MR) is 132 cm³/mol. The van der Waals surface area contributed by atoms with Gasteiger partial charge in [-0.2, -0.15) is 0 Å². The first-order chi connectivity index (χ1) is 16.1. The fraction of sp³-hybridized carbons (Fsp3) is 0.0741. The van der Waals surface area contributed by atoms with Gasteiger partial charge in [0.2, 0.25) is 0 Å². The molecule has 1 aromatic heterocycles. The molecule has 0 bridgehead atoms. The van der Waals surface area contributed by atoms with E-state index in [0.29, 0.717) is 17.1 Å². The highest BCUT2D eigenvalue weighted by atomic mass is 16.5. The highest BCUT2D eigenvalue weighted by Gasteiger charge is 2.13. The van der Waals surface area contributed by atoms with Crippen LogP contribution in [0.1, 0.15) is 16.8 Å². The highest BCUT2D eigenvalue weighted by Crippen LogP contribution is 2.23. The number of amides is 1. The smallest absolute Gasteiger partial charge is 0.256 e. The molecule has 0 saturated heterocycles. The Labute approximate surface area is 193 Å². The minimum absolute atomic E-state index is 0.191. The van der Waals surface area contributed by atoms with E-state index in [1.54, 1.807) is 7.11 Å². The number of nitrogens with zero attached hydrogens (tertiary/aromatic N) is 2. The summed E-state index contributed by atoms with van der Waals surface area (Å²) in [5, 5.41) is 6.23. The van der Waals surface area contributed by atoms with Crippen molar-refractivity contribution in [1.82, 2.24) is 9.97 Å². The van der Waals surface area contributed by atoms with Crippen molar-refractivity contribution in [2.75, 3.05) is 17.7 Å².